The molecule has 0 radical (unpaired) electrons. The van der Waals surface area contributed by atoms with Gasteiger partial charge in [-0.25, -0.2) is 0 Å². The molecule has 15 heavy (non-hydrogen) atoms. The Morgan fingerprint density at radius 1 is 1.27 bits per heavy atom. The molecule has 0 saturated heterocycles. The summed E-state index contributed by atoms with van der Waals surface area (Å²) >= 11 is 7.42. The van der Waals surface area contributed by atoms with Crippen LogP contribution in [0.5, 0.6) is 0 Å². The first kappa shape index (κ1) is 10.3. The van der Waals surface area contributed by atoms with Gasteiger partial charge >= 0.3 is 0 Å². The Kier molecular flexibility index (Phi) is 2.83. The maximum Gasteiger partial charge on any atom is 0.229 e. The lowest BCUT2D eigenvalue weighted by Gasteiger charge is -2.10. The van der Waals surface area contributed by atoms with Crippen molar-refractivity contribution in [3.05, 3.63) is 22.1 Å². The zero-order chi connectivity index (χ0) is 10.8. The van der Waals surface area contributed by atoms with Crippen molar-refractivity contribution in [1.29, 1.82) is 0 Å². The number of rotatable bonds is 2. The molecule has 78 valence electrons. The Balaban J connectivity index is 2.49. The highest BCUT2D eigenvalue weighted by atomic mass is 35.5. The minimum Gasteiger partial charge on any atom is -0.347 e. The molecule has 0 unspecified atom stereocenters. The average molecular weight is 241 g/mol. The molecule has 0 N–H and O–H groups in total. The summed E-state index contributed by atoms with van der Waals surface area (Å²) in [6.07, 6.45) is 0. The SMILES string of the molecule is CN(C)c1nc(Cl)nc(-c2ccsc2)n1. The van der Waals surface area contributed by atoms with E-state index >= 15 is 0 Å². The fraction of sp³-hybridized carbons (Fsp3) is 0.222. The Bertz CT molecular complexity index is 455. The second-order valence-electron chi connectivity index (χ2n) is 3.13. The summed E-state index contributed by atoms with van der Waals surface area (Å²) in [7, 11) is 3.73. The van der Waals surface area contributed by atoms with E-state index in [-0.39, 0.29) is 5.28 Å². The number of hydrogen-bond acceptors (Lipinski definition) is 5. The molecule has 0 spiro atoms. The van der Waals surface area contributed by atoms with Crippen molar-refractivity contribution in [2.24, 2.45) is 0 Å². The largest absolute Gasteiger partial charge is 0.347 e. The quantitative estimate of drug-likeness (QED) is 0.808. The molecule has 4 nitrogen and oxygen atoms in total. The first-order valence-corrected chi connectivity index (χ1v) is 5.60. The van der Waals surface area contributed by atoms with E-state index in [1.807, 2.05) is 30.9 Å². The fourth-order valence-corrected chi connectivity index (χ4v) is 1.85. The third-order valence-electron chi connectivity index (χ3n) is 1.78. The van der Waals surface area contributed by atoms with Crippen LogP contribution in [-0.4, -0.2) is 29.0 Å². The highest BCUT2D eigenvalue weighted by Crippen LogP contribution is 2.20. The summed E-state index contributed by atoms with van der Waals surface area (Å²) in [5.41, 5.74) is 0.965. The molecule has 0 aliphatic rings. The molecule has 0 atom stereocenters. The van der Waals surface area contributed by atoms with Crippen LogP contribution in [0.25, 0.3) is 11.4 Å². The maximum absolute atomic E-state index is 5.83. The molecule has 2 heterocycles. The van der Waals surface area contributed by atoms with Crippen LogP contribution in [0, 0.1) is 0 Å². The van der Waals surface area contributed by atoms with Crippen LogP contribution in [0.15, 0.2) is 16.8 Å². The Morgan fingerprint density at radius 2 is 2.07 bits per heavy atom. The van der Waals surface area contributed by atoms with Gasteiger partial charge in [-0.3, -0.25) is 0 Å². The predicted octanol–water partition coefficient (Wildman–Crippen LogP) is 2.32. The molecular weight excluding hydrogens is 232 g/mol. The third kappa shape index (κ3) is 2.24. The van der Waals surface area contributed by atoms with E-state index in [2.05, 4.69) is 15.0 Å². The fourth-order valence-electron chi connectivity index (χ4n) is 1.06. The van der Waals surface area contributed by atoms with Gasteiger partial charge in [-0.05, 0) is 23.0 Å². The van der Waals surface area contributed by atoms with Crippen LogP contribution in [0.1, 0.15) is 0 Å². The van der Waals surface area contributed by atoms with E-state index in [4.69, 9.17) is 11.6 Å². The van der Waals surface area contributed by atoms with Crippen LogP contribution < -0.4 is 4.90 Å². The molecule has 6 heteroatoms. The van der Waals surface area contributed by atoms with Crippen molar-refractivity contribution >= 4 is 28.9 Å². The van der Waals surface area contributed by atoms with Gasteiger partial charge in [0.15, 0.2) is 5.82 Å². The van der Waals surface area contributed by atoms with E-state index in [0.29, 0.717) is 11.8 Å². The summed E-state index contributed by atoms with van der Waals surface area (Å²) in [5.74, 6) is 1.18. The van der Waals surface area contributed by atoms with Gasteiger partial charge in [-0.1, -0.05) is 0 Å². The van der Waals surface area contributed by atoms with Crippen LogP contribution in [0.3, 0.4) is 0 Å². The molecule has 0 amide bonds. The van der Waals surface area contributed by atoms with Gasteiger partial charge in [-0.15, -0.1) is 0 Å². The second kappa shape index (κ2) is 4.12. The molecule has 2 aromatic heterocycles. The first-order chi connectivity index (χ1) is 7.16. The average Bonchev–Trinajstić information content (AvgIpc) is 2.69. The second-order valence-corrected chi connectivity index (χ2v) is 4.25. The summed E-state index contributed by atoms with van der Waals surface area (Å²) in [6, 6.07) is 1.95. The molecule has 2 aromatic rings. The lowest BCUT2D eigenvalue weighted by atomic mass is 10.3. The van der Waals surface area contributed by atoms with Gasteiger partial charge in [0.05, 0.1) is 0 Å². The molecule has 0 saturated carbocycles. The Labute approximate surface area is 96.6 Å². The number of hydrogen-bond donors (Lipinski definition) is 0. The predicted molar refractivity (Wildman–Crippen MR) is 62.5 cm³/mol. The molecular formula is C9H9ClN4S. The lowest BCUT2D eigenvalue weighted by molar-refractivity contribution is 0.962. The van der Waals surface area contributed by atoms with Gasteiger partial charge in [0.1, 0.15) is 0 Å². The van der Waals surface area contributed by atoms with E-state index in [9.17, 15) is 0 Å². The zero-order valence-electron chi connectivity index (χ0n) is 8.31. The van der Waals surface area contributed by atoms with Crippen molar-refractivity contribution in [3.8, 4) is 11.4 Å². The van der Waals surface area contributed by atoms with Crippen molar-refractivity contribution in [2.75, 3.05) is 19.0 Å². The van der Waals surface area contributed by atoms with Crippen molar-refractivity contribution in [3.63, 3.8) is 0 Å². The highest BCUT2D eigenvalue weighted by molar-refractivity contribution is 7.08. The van der Waals surface area contributed by atoms with Gasteiger partial charge in [0, 0.05) is 25.0 Å². The van der Waals surface area contributed by atoms with E-state index in [1.165, 1.54) is 0 Å². The molecule has 0 aliphatic heterocycles. The normalized spacial score (nSPS) is 10.3. The van der Waals surface area contributed by atoms with Crippen LogP contribution in [0.4, 0.5) is 5.95 Å². The van der Waals surface area contributed by atoms with Crippen LogP contribution >= 0.6 is 22.9 Å². The number of nitrogens with zero attached hydrogens (tertiary/aromatic N) is 4. The summed E-state index contributed by atoms with van der Waals surface area (Å²) in [5, 5.41) is 4.17. The molecule has 0 aliphatic carbocycles. The number of halogens is 1. The third-order valence-corrected chi connectivity index (χ3v) is 2.63. The standard InChI is InChI=1S/C9H9ClN4S/c1-14(2)9-12-7(11-8(10)13-9)6-3-4-15-5-6/h3-5H,1-2H3. The summed E-state index contributed by atoms with van der Waals surface area (Å²) in [4.78, 5) is 14.2. The lowest BCUT2D eigenvalue weighted by Crippen LogP contribution is -2.13. The number of anilines is 1. The minimum absolute atomic E-state index is 0.218. The maximum atomic E-state index is 5.83. The van der Waals surface area contributed by atoms with Gasteiger partial charge in [-0.2, -0.15) is 26.3 Å². The number of thiophene rings is 1. The Morgan fingerprint density at radius 3 is 2.67 bits per heavy atom. The minimum atomic E-state index is 0.218. The van der Waals surface area contributed by atoms with Gasteiger partial charge < -0.3 is 4.90 Å². The topological polar surface area (TPSA) is 41.9 Å². The molecule has 0 bridgehead atoms. The van der Waals surface area contributed by atoms with Gasteiger partial charge in [0.25, 0.3) is 0 Å². The van der Waals surface area contributed by atoms with E-state index in [0.717, 1.165) is 5.56 Å². The van der Waals surface area contributed by atoms with Crippen molar-refractivity contribution in [2.45, 2.75) is 0 Å². The summed E-state index contributed by atoms with van der Waals surface area (Å²) in [6.45, 7) is 0. The monoisotopic (exact) mass is 240 g/mol. The molecule has 0 fully saturated rings. The molecule has 0 aromatic carbocycles. The smallest absolute Gasteiger partial charge is 0.229 e. The summed E-state index contributed by atoms with van der Waals surface area (Å²) < 4.78 is 0. The van der Waals surface area contributed by atoms with Crippen molar-refractivity contribution < 1.29 is 0 Å². The van der Waals surface area contributed by atoms with Crippen LogP contribution in [-0.2, 0) is 0 Å². The molecule has 2 rings (SSSR count). The first-order valence-electron chi connectivity index (χ1n) is 4.28. The van der Waals surface area contributed by atoms with Crippen LogP contribution in [0.2, 0.25) is 5.28 Å². The van der Waals surface area contributed by atoms with E-state index in [1.54, 1.807) is 16.2 Å². The van der Waals surface area contributed by atoms with Crippen molar-refractivity contribution in [1.82, 2.24) is 15.0 Å². The zero-order valence-corrected chi connectivity index (χ0v) is 9.88. The van der Waals surface area contributed by atoms with Gasteiger partial charge in [0.2, 0.25) is 11.2 Å². The Hall–Kier alpha value is -1.20. The highest BCUT2D eigenvalue weighted by Gasteiger charge is 2.08. The number of aromatic nitrogens is 3. The van der Waals surface area contributed by atoms with E-state index < -0.39 is 0 Å².